The Morgan fingerprint density at radius 3 is 2.67 bits per heavy atom. The molecule has 0 aliphatic heterocycles. The summed E-state index contributed by atoms with van der Waals surface area (Å²) in [6.45, 7) is 2.19. The van der Waals surface area contributed by atoms with E-state index in [-0.39, 0.29) is 6.03 Å². The Labute approximate surface area is 128 Å². The van der Waals surface area contributed by atoms with Gasteiger partial charge in [0.1, 0.15) is 5.01 Å². The standard InChI is InChI=1S/C15H20N4OS/c1-2-3-4-8-11-13-18-19-15(21-13)17-14(20)16-12-9-6-5-7-10-12/h5-7,9-10H,2-4,8,11H2,1H3,(H2,16,17,19,20). The molecule has 2 rings (SSSR count). The average molecular weight is 304 g/mol. The number of anilines is 2. The van der Waals surface area contributed by atoms with Crippen molar-refractivity contribution in [3.05, 3.63) is 35.3 Å². The number of aromatic nitrogens is 2. The van der Waals surface area contributed by atoms with E-state index in [4.69, 9.17) is 0 Å². The summed E-state index contributed by atoms with van der Waals surface area (Å²) in [5.74, 6) is 0. The third kappa shape index (κ3) is 5.51. The van der Waals surface area contributed by atoms with E-state index in [0.717, 1.165) is 23.5 Å². The van der Waals surface area contributed by atoms with Gasteiger partial charge in [0, 0.05) is 12.1 Å². The van der Waals surface area contributed by atoms with Crippen molar-refractivity contribution in [2.75, 3.05) is 10.6 Å². The zero-order valence-corrected chi connectivity index (χ0v) is 12.9. The zero-order valence-electron chi connectivity index (χ0n) is 12.1. The van der Waals surface area contributed by atoms with Gasteiger partial charge in [0.05, 0.1) is 0 Å². The van der Waals surface area contributed by atoms with Gasteiger partial charge in [-0.1, -0.05) is 55.7 Å². The van der Waals surface area contributed by atoms with Crippen LogP contribution in [0.4, 0.5) is 15.6 Å². The normalized spacial score (nSPS) is 10.3. The van der Waals surface area contributed by atoms with E-state index in [1.165, 1.54) is 30.6 Å². The van der Waals surface area contributed by atoms with Crippen LogP contribution < -0.4 is 10.6 Å². The third-order valence-electron chi connectivity index (χ3n) is 2.96. The van der Waals surface area contributed by atoms with Gasteiger partial charge in [-0.15, -0.1) is 10.2 Å². The van der Waals surface area contributed by atoms with Crippen molar-refractivity contribution in [3.63, 3.8) is 0 Å². The molecule has 0 fully saturated rings. The van der Waals surface area contributed by atoms with Gasteiger partial charge in [-0.05, 0) is 18.6 Å². The van der Waals surface area contributed by atoms with E-state index in [0.29, 0.717) is 5.13 Å². The predicted octanol–water partition coefficient (Wildman–Crippen LogP) is 4.30. The molecule has 21 heavy (non-hydrogen) atoms. The van der Waals surface area contributed by atoms with Crippen LogP contribution in [0, 0.1) is 0 Å². The summed E-state index contributed by atoms with van der Waals surface area (Å²) < 4.78 is 0. The quantitative estimate of drug-likeness (QED) is 0.749. The highest BCUT2D eigenvalue weighted by atomic mass is 32.1. The minimum absolute atomic E-state index is 0.296. The number of benzene rings is 1. The first kappa shape index (κ1) is 15.4. The molecule has 0 bridgehead atoms. The number of urea groups is 1. The number of unbranched alkanes of at least 4 members (excludes halogenated alkanes) is 3. The lowest BCUT2D eigenvalue weighted by Gasteiger charge is -2.03. The van der Waals surface area contributed by atoms with Gasteiger partial charge in [0.25, 0.3) is 0 Å². The average Bonchev–Trinajstić information content (AvgIpc) is 2.92. The summed E-state index contributed by atoms with van der Waals surface area (Å²) in [5.41, 5.74) is 0.749. The lowest BCUT2D eigenvalue weighted by atomic mass is 10.2. The number of aryl methyl sites for hydroxylation is 1. The van der Waals surface area contributed by atoms with Gasteiger partial charge in [0.2, 0.25) is 5.13 Å². The number of nitrogens with one attached hydrogen (secondary N) is 2. The minimum Gasteiger partial charge on any atom is -0.308 e. The molecule has 1 aromatic heterocycles. The first-order valence-corrected chi connectivity index (χ1v) is 8.05. The van der Waals surface area contributed by atoms with Crippen LogP contribution in [-0.2, 0) is 6.42 Å². The van der Waals surface area contributed by atoms with Crippen LogP contribution in [0.1, 0.15) is 37.6 Å². The molecule has 1 aromatic carbocycles. The Balaban J connectivity index is 1.78. The summed E-state index contributed by atoms with van der Waals surface area (Å²) in [6.07, 6.45) is 5.75. The van der Waals surface area contributed by atoms with Gasteiger partial charge in [-0.2, -0.15) is 0 Å². The topological polar surface area (TPSA) is 66.9 Å². The Morgan fingerprint density at radius 1 is 1.10 bits per heavy atom. The fraction of sp³-hybridized carbons (Fsp3) is 0.400. The second kappa shape index (κ2) is 8.36. The van der Waals surface area contributed by atoms with Crippen LogP contribution in [0.2, 0.25) is 0 Å². The van der Waals surface area contributed by atoms with Crippen molar-refractivity contribution in [2.45, 2.75) is 39.0 Å². The maximum Gasteiger partial charge on any atom is 0.325 e. The molecule has 0 atom stereocenters. The molecule has 2 N–H and O–H groups in total. The van der Waals surface area contributed by atoms with E-state index in [9.17, 15) is 4.79 Å². The van der Waals surface area contributed by atoms with Gasteiger partial charge in [0.15, 0.2) is 0 Å². The van der Waals surface area contributed by atoms with Crippen molar-refractivity contribution in [3.8, 4) is 0 Å². The summed E-state index contributed by atoms with van der Waals surface area (Å²) in [6, 6.07) is 9.01. The second-order valence-corrected chi connectivity index (χ2v) is 5.82. The molecule has 0 unspecified atom stereocenters. The fourth-order valence-corrected chi connectivity index (χ4v) is 2.67. The van der Waals surface area contributed by atoms with Crippen LogP contribution in [0.3, 0.4) is 0 Å². The molecular formula is C15H20N4OS. The van der Waals surface area contributed by atoms with Crippen molar-refractivity contribution < 1.29 is 4.79 Å². The van der Waals surface area contributed by atoms with Gasteiger partial charge in [-0.25, -0.2) is 4.79 Å². The van der Waals surface area contributed by atoms with Crippen LogP contribution in [-0.4, -0.2) is 16.2 Å². The molecule has 0 spiro atoms. The lowest BCUT2D eigenvalue weighted by molar-refractivity contribution is 0.262. The van der Waals surface area contributed by atoms with Gasteiger partial charge < -0.3 is 5.32 Å². The second-order valence-electron chi connectivity index (χ2n) is 4.76. The lowest BCUT2D eigenvalue weighted by Crippen LogP contribution is -2.19. The molecule has 2 aromatic rings. The molecular weight excluding hydrogens is 284 g/mol. The summed E-state index contributed by atoms with van der Waals surface area (Å²) in [7, 11) is 0. The number of para-hydroxylation sites is 1. The van der Waals surface area contributed by atoms with E-state index < -0.39 is 0 Å². The third-order valence-corrected chi connectivity index (χ3v) is 3.86. The Kier molecular flexibility index (Phi) is 6.15. The zero-order chi connectivity index (χ0) is 14.9. The van der Waals surface area contributed by atoms with E-state index in [1.54, 1.807) is 0 Å². The Hall–Kier alpha value is -1.95. The van der Waals surface area contributed by atoms with Gasteiger partial charge >= 0.3 is 6.03 Å². The Morgan fingerprint density at radius 2 is 1.90 bits per heavy atom. The smallest absolute Gasteiger partial charge is 0.308 e. The van der Waals surface area contributed by atoms with Crippen molar-refractivity contribution in [1.82, 2.24) is 10.2 Å². The highest BCUT2D eigenvalue weighted by Crippen LogP contribution is 2.18. The number of carbonyl (C=O) groups excluding carboxylic acids is 1. The number of amides is 2. The molecule has 1 heterocycles. The Bertz CT molecular complexity index is 556. The SMILES string of the molecule is CCCCCCc1nnc(NC(=O)Nc2ccccc2)s1. The largest absolute Gasteiger partial charge is 0.325 e. The highest BCUT2D eigenvalue weighted by Gasteiger charge is 2.08. The van der Waals surface area contributed by atoms with Crippen LogP contribution in [0.5, 0.6) is 0 Å². The molecule has 0 radical (unpaired) electrons. The predicted molar refractivity (Wildman–Crippen MR) is 86.8 cm³/mol. The molecule has 5 nitrogen and oxygen atoms in total. The molecule has 112 valence electrons. The number of hydrogen-bond donors (Lipinski definition) is 2. The molecule has 6 heteroatoms. The molecule has 0 aliphatic carbocycles. The molecule has 2 amide bonds. The highest BCUT2D eigenvalue weighted by molar-refractivity contribution is 7.15. The molecule has 0 saturated heterocycles. The maximum absolute atomic E-state index is 11.8. The van der Waals surface area contributed by atoms with Gasteiger partial charge in [-0.3, -0.25) is 5.32 Å². The minimum atomic E-state index is -0.296. The first-order valence-electron chi connectivity index (χ1n) is 7.23. The van der Waals surface area contributed by atoms with E-state index >= 15 is 0 Å². The molecule has 0 aliphatic rings. The van der Waals surface area contributed by atoms with Crippen LogP contribution in [0.25, 0.3) is 0 Å². The monoisotopic (exact) mass is 304 g/mol. The summed E-state index contributed by atoms with van der Waals surface area (Å²) in [4.78, 5) is 11.8. The van der Waals surface area contributed by atoms with Crippen molar-refractivity contribution >= 4 is 28.2 Å². The number of rotatable bonds is 7. The van der Waals surface area contributed by atoms with Crippen molar-refractivity contribution in [2.24, 2.45) is 0 Å². The number of nitrogens with zero attached hydrogens (tertiary/aromatic N) is 2. The summed E-state index contributed by atoms with van der Waals surface area (Å²) in [5, 5.41) is 15.1. The number of carbonyl (C=O) groups is 1. The van der Waals surface area contributed by atoms with Crippen LogP contribution in [0.15, 0.2) is 30.3 Å². The van der Waals surface area contributed by atoms with E-state index in [2.05, 4.69) is 27.8 Å². The van der Waals surface area contributed by atoms with Crippen LogP contribution >= 0.6 is 11.3 Å². The fourth-order valence-electron chi connectivity index (χ4n) is 1.89. The maximum atomic E-state index is 11.8. The first-order chi connectivity index (χ1) is 10.3. The summed E-state index contributed by atoms with van der Waals surface area (Å²) >= 11 is 1.44. The van der Waals surface area contributed by atoms with Crippen molar-refractivity contribution in [1.29, 1.82) is 0 Å². The number of hydrogen-bond acceptors (Lipinski definition) is 4. The molecule has 0 saturated carbocycles. The van der Waals surface area contributed by atoms with E-state index in [1.807, 2.05) is 30.3 Å².